The highest BCUT2D eigenvalue weighted by Crippen LogP contribution is 2.37. The molecule has 1 aliphatic rings. The second-order valence-electron chi connectivity index (χ2n) is 6.78. The first-order chi connectivity index (χ1) is 15.1. The molecule has 0 saturated carbocycles. The van der Waals surface area contributed by atoms with Gasteiger partial charge in [0.05, 0.1) is 23.4 Å². The molecular formula is C21H13ClF3NO5S. The van der Waals surface area contributed by atoms with Crippen molar-refractivity contribution < 1.29 is 35.9 Å². The summed E-state index contributed by atoms with van der Waals surface area (Å²) in [7, 11) is -3.41. The van der Waals surface area contributed by atoms with E-state index in [1.54, 1.807) is 0 Å². The van der Waals surface area contributed by atoms with Gasteiger partial charge in [0.15, 0.2) is 5.75 Å². The Morgan fingerprint density at radius 1 is 1.03 bits per heavy atom. The van der Waals surface area contributed by atoms with Crippen LogP contribution in [0.15, 0.2) is 47.4 Å². The van der Waals surface area contributed by atoms with Crippen molar-refractivity contribution in [1.82, 2.24) is 0 Å². The Balaban J connectivity index is 2.03. The van der Waals surface area contributed by atoms with E-state index in [4.69, 9.17) is 21.1 Å². The fraction of sp³-hybridized carbons (Fsp3) is 0.0952. The van der Waals surface area contributed by atoms with Crippen molar-refractivity contribution >= 4 is 33.3 Å². The van der Waals surface area contributed by atoms with Crippen LogP contribution < -0.4 is 9.46 Å². The van der Waals surface area contributed by atoms with E-state index in [-0.39, 0.29) is 33.0 Å². The lowest BCUT2D eigenvalue weighted by molar-refractivity contribution is 0.0473. The number of carbonyl (C=O) groups is 1. The van der Waals surface area contributed by atoms with Crippen molar-refractivity contribution in [3.8, 4) is 16.9 Å². The molecule has 0 saturated heterocycles. The number of nitrogens with one attached hydrogen (secondary N) is 1. The van der Waals surface area contributed by atoms with E-state index in [2.05, 4.69) is 0 Å². The summed E-state index contributed by atoms with van der Waals surface area (Å²) < 4.78 is 81.4. The first-order valence-electron chi connectivity index (χ1n) is 8.96. The van der Waals surface area contributed by atoms with Gasteiger partial charge in [-0.3, -0.25) is 4.72 Å². The minimum Gasteiger partial charge on any atom is -0.494 e. The first-order valence-corrected chi connectivity index (χ1v) is 10.8. The number of rotatable bonds is 1. The van der Waals surface area contributed by atoms with Gasteiger partial charge in [-0.05, 0) is 41.5 Å². The van der Waals surface area contributed by atoms with Crippen LogP contribution in [0.5, 0.6) is 5.75 Å². The molecule has 0 radical (unpaired) electrons. The lowest BCUT2D eigenvalue weighted by Crippen LogP contribution is -2.16. The maximum Gasteiger partial charge on any atom is 0.338 e. The molecule has 1 N–H and O–H groups in total. The van der Waals surface area contributed by atoms with E-state index in [1.807, 2.05) is 4.72 Å². The number of anilines is 1. The van der Waals surface area contributed by atoms with E-state index in [0.29, 0.717) is 6.07 Å². The summed E-state index contributed by atoms with van der Waals surface area (Å²) in [4.78, 5) is 12.0. The number of benzene rings is 3. The number of halogens is 4. The van der Waals surface area contributed by atoms with Gasteiger partial charge in [0.25, 0.3) is 10.0 Å². The Bertz CT molecular complexity index is 1380. The molecule has 1 heterocycles. The van der Waals surface area contributed by atoms with E-state index in [0.717, 1.165) is 37.4 Å². The third-order valence-corrected chi connectivity index (χ3v) is 6.41. The quantitative estimate of drug-likeness (QED) is 0.498. The average Bonchev–Trinajstić information content (AvgIpc) is 2.73. The minimum atomic E-state index is -4.57. The van der Waals surface area contributed by atoms with Crippen LogP contribution in [-0.2, 0) is 21.4 Å². The van der Waals surface area contributed by atoms with Gasteiger partial charge in [0.1, 0.15) is 29.0 Å². The summed E-state index contributed by atoms with van der Waals surface area (Å²) in [6.07, 6.45) is 0. The maximum atomic E-state index is 14.6. The predicted octanol–water partition coefficient (Wildman–Crippen LogP) is 4.90. The third kappa shape index (κ3) is 3.87. The zero-order valence-corrected chi connectivity index (χ0v) is 17.8. The highest BCUT2D eigenvalue weighted by molar-refractivity contribution is 7.92. The Kier molecular flexibility index (Phi) is 5.51. The van der Waals surface area contributed by atoms with Crippen LogP contribution in [0, 0.1) is 17.5 Å². The lowest BCUT2D eigenvalue weighted by atomic mass is 9.98. The van der Waals surface area contributed by atoms with Crippen LogP contribution in [-0.4, -0.2) is 21.5 Å². The molecule has 3 aromatic rings. The minimum absolute atomic E-state index is 0.0442. The number of hydrogen-bond donors (Lipinski definition) is 1. The van der Waals surface area contributed by atoms with Crippen molar-refractivity contribution in [3.05, 3.63) is 76.1 Å². The third-order valence-electron chi connectivity index (χ3n) is 4.76. The van der Waals surface area contributed by atoms with Crippen LogP contribution in [0.3, 0.4) is 0 Å². The average molecular weight is 484 g/mol. The molecule has 32 heavy (non-hydrogen) atoms. The summed E-state index contributed by atoms with van der Waals surface area (Å²) >= 11 is 6.09. The van der Waals surface area contributed by atoms with E-state index in [9.17, 15) is 26.4 Å². The molecule has 0 atom stereocenters. The van der Waals surface area contributed by atoms with Gasteiger partial charge < -0.3 is 9.47 Å². The highest BCUT2D eigenvalue weighted by atomic mass is 35.5. The number of fused-ring (bicyclic) bond motifs is 6. The molecule has 0 aliphatic carbocycles. The molecule has 3 aromatic carbocycles. The molecule has 0 spiro atoms. The standard InChI is InChI=1S/C21H13ClF3NO5S/c1-30-20-15(22)4-11-5-19(20)32(28,29)26-18-7-14(16(24)8-17(18)25)13-6-12(23)3-2-10(13)9-31-21(11)27/h2-8,26H,9H2,1H3. The van der Waals surface area contributed by atoms with Gasteiger partial charge in [-0.2, -0.15) is 0 Å². The van der Waals surface area contributed by atoms with Crippen molar-refractivity contribution in [2.24, 2.45) is 0 Å². The Morgan fingerprint density at radius 2 is 1.78 bits per heavy atom. The number of cyclic esters (lactones) is 1. The van der Waals surface area contributed by atoms with Crippen LogP contribution in [0.4, 0.5) is 18.9 Å². The molecule has 1 aliphatic heterocycles. The Labute approximate surface area is 185 Å². The molecule has 0 aromatic heterocycles. The summed E-state index contributed by atoms with van der Waals surface area (Å²) in [5, 5.41) is -0.208. The van der Waals surface area contributed by atoms with Gasteiger partial charge in [-0.1, -0.05) is 17.7 Å². The van der Waals surface area contributed by atoms with E-state index >= 15 is 0 Å². The number of methoxy groups -OCH3 is 1. The van der Waals surface area contributed by atoms with Crippen LogP contribution in [0.25, 0.3) is 11.1 Å². The number of carbonyl (C=O) groups excluding carboxylic acids is 1. The molecule has 0 fully saturated rings. The molecule has 166 valence electrons. The fourth-order valence-corrected chi connectivity index (χ4v) is 4.90. The second-order valence-corrected chi connectivity index (χ2v) is 8.84. The SMILES string of the molecule is COc1c(Cl)cc2cc1S(=O)(=O)Nc1cc(c(F)cc1F)-c1cc(F)ccc1COC2=O. The zero-order valence-electron chi connectivity index (χ0n) is 16.2. The fourth-order valence-electron chi connectivity index (χ4n) is 3.27. The van der Waals surface area contributed by atoms with Crippen molar-refractivity contribution in [3.63, 3.8) is 0 Å². The predicted molar refractivity (Wildman–Crippen MR) is 110 cm³/mol. The van der Waals surface area contributed by atoms with Crippen LogP contribution in [0.2, 0.25) is 5.02 Å². The number of esters is 1. The van der Waals surface area contributed by atoms with Crippen molar-refractivity contribution in [2.75, 3.05) is 11.8 Å². The smallest absolute Gasteiger partial charge is 0.338 e. The monoisotopic (exact) mass is 483 g/mol. The highest BCUT2D eigenvalue weighted by Gasteiger charge is 2.28. The maximum absolute atomic E-state index is 14.6. The zero-order chi connectivity index (χ0) is 23.2. The summed E-state index contributed by atoms with van der Waals surface area (Å²) in [5.41, 5.74) is -0.967. The van der Waals surface area contributed by atoms with Crippen molar-refractivity contribution in [2.45, 2.75) is 11.5 Å². The Hall–Kier alpha value is -3.24. The molecule has 0 amide bonds. The largest absolute Gasteiger partial charge is 0.494 e. The van der Waals surface area contributed by atoms with Gasteiger partial charge in [-0.25, -0.2) is 26.4 Å². The van der Waals surface area contributed by atoms with Crippen LogP contribution in [0.1, 0.15) is 15.9 Å². The molecule has 4 bridgehead atoms. The summed E-state index contributed by atoms with van der Waals surface area (Å²) in [6, 6.07) is 6.78. The number of sulfonamides is 1. The van der Waals surface area contributed by atoms with E-state index in [1.165, 1.54) is 6.07 Å². The number of hydrogen-bond acceptors (Lipinski definition) is 5. The van der Waals surface area contributed by atoms with E-state index < -0.39 is 50.6 Å². The number of ether oxygens (including phenoxy) is 2. The van der Waals surface area contributed by atoms with Crippen molar-refractivity contribution in [1.29, 1.82) is 0 Å². The first kappa shape index (κ1) is 22.0. The van der Waals surface area contributed by atoms with Gasteiger partial charge in [0.2, 0.25) is 0 Å². The van der Waals surface area contributed by atoms with Gasteiger partial charge in [-0.15, -0.1) is 0 Å². The molecule has 4 rings (SSSR count). The normalized spacial score (nSPS) is 14.7. The van der Waals surface area contributed by atoms with Crippen LogP contribution >= 0.6 is 11.6 Å². The molecule has 6 nitrogen and oxygen atoms in total. The summed E-state index contributed by atoms with van der Waals surface area (Å²) in [5.74, 6) is -4.25. The Morgan fingerprint density at radius 3 is 2.50 bits per heavy atom. The summed E-state index contributed by atoms with van der Waals surface area (Å²) in [6.45, 7) is -0.403. The van der Waals surface area contributed by atoms with Gasteiger partial charge in [0, 0.05) is 11.6 Å². The molecule has 11 heteroatoms. The topological polar surface area (TPSA) is 81.7 Å². The second kappa shape index (κ2) is 8.03. The molecule has 0 unspecified atom stereocenters. The molecular weight excluding hydrogens is 471 g/mol. The lowest BCUT2D eigenvalue weighted by Gasteiger charge is -2.15. The van der Waals surface area contributed by atoms with Gasteiger partial charge >= 0.3 is 5.97 Å².